The molecule has 0 saturated carbocycles. The van der Waals surface area contributed by atoms with Crippen LogP contribution in [-0.2, 0) is 7.05 Å². The molecule has 0 fully saturated rings. The van der Waals surface area contributed by atoms with Crippen molar-refractivity contribution in [2.45, 2.75) is 13.3 Å². The van der Waals surface area contributed by atoms with Crippen LogP contribution in [0.5, 0.6) is 0 Å². The van der Waals surface area contributed by atoms with Crippen LogP contribution in [0.25, 0.3) is 0 Å². The van der Waals surface area contributed by atoms with Crippen molar-refractivity contribution in [2.24, 2.45) is 7.05 Å². The van der Waals surface area contributed by atoms with Gasteiger partial charge in [-0.15, -0.1) is 11.3 Å². The molecule has 0 aliphatic heterocycles. The maximum absolute atomic E-state index is 11.9. The Morgan fingerprint density at radius 1 is 1.41 bits per heavy atom. The van der Waals surface area contributed by atoms with Crippen LogP contribution in [0.2, 0.25) is 0 Å². The molecule has 0 unspecified atom stereocenters. The van der Waals surface area contributed by atoms with E-state index in [-0.39, 0.29) is 18.0 Å². The summed E-state index contributed by atoms with van der Waals surface area (Å²) in [5, 5.41) is 6.16. The number of carbonyl (C=O) groups is 2. The zero-order valence-electron chi connectivity index (χ0n) is 9.51. The molecule has 5 nitrogen and oxygen atoms in total. The van der Waals surface area contributed by atoms with Gasteiger partial charge >= 0.3 is 0 Å². The van der Waals surface area contributed by atoms with Gasteiger partial charge in [-0.2, -0.15) is 5.10 Å². The summed E-state index contributed by atoms with van der Waals surface area (Å²) in [5.74, 6) is -0.455. The first-order valence-electron chi connectivity index (χ1n) is 5.04. The third kappa shape index (κ3) is 2.47. The van der Waals surface area contributed by atoms with E-state index >= 15 is 0 Å². The fraction of sp³-hybridized carbons (Fsp3) is 0.273. The summed E-state index contributed by atoms with van der Waals surface area (Å²) in [6.45, 7) is 1.75. The summed E-state index contributed by atoms with van der Waals surface area (Å²) in [6, 6.07) is 0. The van der Waals surface area contributed by atoms with Crippen LogP contribution in [0.4, 0.5) is 0 Å². The molecule has 0 saturated heterocycles. The average Bonchev–Trinajstić information content (AvgIpc) is 2.87. The van der Waals surface area contributed by atoms with Gasteiger partial charge in [-0.1, -0.05) is 0 Å². The van der Waals surface area contributed by atoms with Gasteiger partial charge in [0.25, 0.3) is 0 Å². The molecule has 0 N–H and O–H groups in total. The normalized spacial score (nSPS) is 10.5. The smallest absolute Gasteiger partial charge is 0.199 e. The van der Waals surface area contributed by atoms with E-state index in [1.165, 1.54) is 11.3 Å². The van der Waals surface area contributed by atoms with Gasteiger partial charge in [0.2, 0.25) is 0 Å². The molecular formula is C11H11N3O2S. The molecule has 2 aromatic rings. The van der Waals surface area contributed by atoms with Crippen molar-refractivity contribution in [1.82, 2.24) is 14.8 Å². The van der Waals surface area contributed by atoms with Crippen LogP contribution in [0, 0.1) is 6.92 Å². The van der Waals surface area contributed by atoms with Gasteiger partial charge in [0.05, 0.1) is 17.7 Å². The molecule has 0 amide bonds. The maximum atomic E-state index is 11.9. The van der Waals surface area contributed by atoms with E-state index in [1.54, 1.807) is 36.4 Å². The van der Waals surface area contributed by atoms with Crippen molar-refractivity contribution >= 4 is 22.9 Å². The molecule has 17 heavy (non-hydrogen) atoms. The van der Waals surface area contributed by atoms with Crippen LogP contribution in [-0.4, -0.2) is 26.3 Å². The lowest BCUT2D eigenvalue weighted by Crippen LogP contribution is -2.08. The molecule has 0 spiro atoms. The molecule has 0 atom stereocenters. The van der Waals surface area contributed by atoms with Crippen LogP contribution in [0.1, 0.15) is 32.3 Å². The zero-order valence-corrected chi connectivity index (χ0v) is 10.3. The molecule has 6 heteroatoms. The van der Waals surface area contributed by atoms with Crippen molar-refractivity contribution in [3.8, 4) is 0 Å². The van der Waals surface area contributed by atoms with E-state index < -0.39 is 0 Å². The Bertz CT molecular complexity index is 557. The minimum atomic E-state index is -0.242. The molecule has 0 radical (unpaired) electrons. The number of hydrogen-bond donors (Lipinski definition) is 0. The Balaban J connectivity index is 2.12. The molecule has 2 heterocycles. The van der Waals surface area contributed by atoms with E-state index in [4.69, 9.17) is 0 Å². The van der Waals surface area contributed by atoms with Gasteiger partial charge in [0, 0.05) is 24.8 Å². The SMILES string of the molecule is Cc1nn(C)cc1C(=O)CC(=O)c1nccs1. The monoisotopic (exact) mass is 249 g/mol. The van der Waals surface area contributed by atoms with Crippen molar-refractivity contribution < 1.29 is 9.59 Å². The van der Waals surface area contributed by atoms with E-state index in [0.29, 0.717) is 16.3 Å². The third-order valence-corrected chi connectivity index (χ3v) is 3.12. The molecule has 0 aliphatic rings. The van der Waals surface area contributed by atoms with Gasteiger partial charge in [0.15, 0.2) is 16.6 Å². The molecule has 2 aromatic heterocycles. The number of rotatable bonds is 4. The predicted octanol–water partition coefficient (Wildman–Crippen LogP) is 1.64. The predicted molar refractivity (Wildman–Crippen MR) is 63.3 cm³/mol. The maximum Gasteiger partial charge on any atom is 0.199 e. The minimum Gasteiger partial charge on any atom is -0.294 e. The Labute approximate surface area is 102 Å². The molecular weight excluding hydrogens is 238 g/mol. The number of Topliss-reactive ketones (excluding diaryl/α,β-unsaturated/α-hetero) is 2. The van der Waals surface area contributed by atoms with E-state index in [1.807, 2.05) is 0 Å². The van der Waals surface area contributed by atoms with Crippen molar-refractivity contribution in [3.05, 3.63) is 34.0 Å². The summed E-state index contributed by atoms with van der Waals surface area (Å²) in [6.07, 6.45) is 3.03. The van der Waals surface area contributed by atoms with Gasteiger partial charge < -0.3 is 0 Å². The Morgan fingerprint density at radius 2 is 2.18 bits per heavy atom. The third-order valence-electron chi connectivity index (χ3n) is 2.31. The van der Waals surface area contributed by atoms with Gasteiger partial charge in [0.1, 0.15) is 0 Å². The fourth-order valence-electron chi connectivity index (χ4n) is 1.55. The summed E-state index contributed by atoms with van der Waals surface area (Å²) in [5.41, 5.74) is 1.14. The topological polar surface area (TPSA) is 64.8 Å². The van der Waals surface area contributed by atoms with E-state index in [2.05, 4.69) is 10.1 Å². The quantitative estimate of drug-likeness (QED) is 0.610. The summed E-state index contributed by atoms with van der Waals surface area (Å²) in [7, 11) is 1.74. The number of ketones is 2. The number of aromatic nitrogens is 3. The molecule has 0 aromatic carbocycles. The van der Waals surface area contributed by atoms with Gasteiger partial charge in [-0.3, -0.25) is 14.3 Å². The highest BCUT2D eigenvalue weighted by Crippen LogP contribution is 2.12. The minimum absolute atomic E-state index is 0.153. The second-order valence-corrected chi connectivity index (χ2v) is 4.56. The van der Waals surface area contributed by atoms with Crippen LogP contribution in [0.3, 0.4) is 0 Å². The number of aryl methyl sites for hydroxylation is 2. The van der Waals surface area contributed by atoms with Crippen molar-refractivity contribution in [2.75, 3.05) is 0 Å². The Hall–Kier alpha value is -1.82. The number of nitrogens with zero attached hydrogens (tertiary/aromatic N) is 3. The number of hydrogen-bond acceptors (Lipinski definition) is 5. The lowest BCUT2D eigenvalue weighted by Gasteiger charge is -1.96. The van der Waals surface area contributed by atoms with Crippen LogP contribution >= 0.6 is 11.3 Å². The highest BCUT2D eigenvalue weighted by molar-refractivity contribution is 7.11. The molecule has 2 rings (SSSR count). The lowest BCUT2D eigenvalue weighted by molar-refractivity contribution is 0.0894. The van der Waals surface area contributed by atoms with E-state index in [9.17, 15) is 9.59 Å². The van der Waals surface area contributed by atoms with Gasteiger partial charge in [-0.25, -0.2) is 4.98 Å². The number of carbonyl (C=O) groups excluding carboxylic acids is 2. The zero-order chi connectivity index (χ0) is 12.4. The summed E-state index contributed by atoms with van der Waals surface area (Å²) < 4.78 is 1.57. The largest absolute Gasteiger partial charge is 0.294 e. The average molecular weight is 249 g/mol. The summed E-state index contributed by atoms with van der Waals surface area (Å²) in [4.78, 5) is 27.5. The Kier molecular flexibility index (Phi) is 3.14. The van der Waals surface area contributed by atoms with E-state index in [0.717, 1.165) is 0 Å². The van der Waals surface area contributed by atoms with Crippen molar-refractivity contribution in [1.29, 1.82) is 0 Å². The highest BCUT2D eigenvalue weighted by atomic mass is 32.1. The molecule has 0 bridgehead atoms. The molecule has 0 aliphatic carbocycles. The Morgan fingerprint density at radius 3 is 2.71 bits per heavy atom. The fourth-order valence-corrected chi connectivity index (χ4v) is 2.13. The lowest BCUT2D eigenvalue weighted by atomic mass is 10.1. The molecule has 88 valence electrons. The standard InChI is InChI=1S/C11H11N3O2S/c1-7-8(6-14(2)13-7)9(15)5-10(16)11-12-3-4-17-11/h3-4,6H,5H2,1-2H3. The summed E-state index contributed by atoms with van der Waals surface area (Å²) >= 11 is 1.24. The first kappa shape index (κ1) is 11.7. The first-order chi connectivity index (χ1) is 8.08. The second kappa shape index (κ2) is 4.58. The van der Waals surface area contributed by atoms with Crippen LogP contribution in [0.15, 0.2) is 17.8 Å². The van der Waals surface area contributed by atoms with Crippen LogP contribution < -0.4 is 0 Å². The second-order valence-electron chi connectivity index (χ2n) is 3.66. The highest BCUT2D eigenvalue weighted by Gasteiger charge is 2.18. The number of thiazole rings is 1. The van der Waals surface area contributed by atoms with Gasteiger partial charge in [-0.05, 0) is 6.92 Å². The van der Waals surface area contributed by atoms with Crippen molar-refractivity contribution in [3.63, 3.8) is 0 Å². The first-order valence-corrected chi connectivity index (χ1v) is 5.92.